The van der Waals surface area contributed by atoms with Gasteiger partial charge in [0.1, 0.15) is 5.60 Å². The second-order valence-corrected chi connectivity index (χ2v) is 8.27. The Kier molecular flexibility index (Phi) is 9.60. The van der Waals surface area contributed by atoms with Crippen LogP contribution in [0.1, 0.15) is 40.5 Å². The smallest absolute Gasteiger partial charge is 0.408 e. The number of oxazole rings is 1. The van der Waals surface area contributed by atoms with Crippen LogP contribution in [-0.2, 0) is 11.3 Å². The summed E-state index contributed by atoms with van der Waals surface area (Å²) in [6.07, 6.45) is 1.25. The van der Waals surface area contributed by atoms with Gasteiger partial charge in [0.05, 0.1) is 18.3 Å². The van der Waals surface area contributed by atoms with Crippen molar-refractivity contribution in [3.63, 3.8) is 0 Å². The van der Waals surface area contributed by atoms with E-state index in [1.165, 1.54) is 0 Å². The van der Waals surface area contributed by atoms with Gasteiger partial charge < -0.3 is 25.1 Å². The number of aliphatic imine (C=N–C) groups is 1. The van der Waals surface area contributed by atoms with Crippen LogP contribution in [0, 0.1) is 0 Å². The van der Waals surface area contributed by atoms with Crippen LogP contribution in [-0.4, -0.2) is 41.8 Å². The number of ether oxygens (including phenoxy) is 1. The van der Waals surface area contributed by atoms with Gasteiger partial charge in [-0.1, -0.05) is 30.3 Å². The van der Waals surface area contributed by atoms with Gasteiger partial charge in [0, 0.05) is 19.2 Å². The molecule has 0 fully saturated rings. The SMILES string of the molecule is CN=C(NCc1ncc(-c2ccccc2)o1)NCC(C)(C)NC(=O)OC(C)(C)C.I. The molecule has 0 bridgehead atoms. The van der Waals surface area contributed by atoms with Crippen LogP contribution in [0.2, 0.25) is 0 Å². The van der Waals surface area contributed by atoms with Crippen LogP contribution >= 0.6 is 24.0 Å². The molecule has 0 saturated heterocycles. The van der Waals surface area contributed by atoms with Crippen molar-refractivity contribution in [3.05, 3.63) is 42.4 Å². The number of halogens is 1. The number of alkyl carbamates (subject to hydrolysis) is 1. The molecule has 1 heterocycles. The first kappa shape index (κ1) is 25.7. The van der Waals surface area contributed by atoms with Crippen molar-refractivity contribution in [1.82, 2.24) is 20.9 Å². The van der Waals surface area contributed by atoms with Gasteiger partial charge in [0.15, 0.2) is 11.7 Å². The maximum atomic E-state index is 12.0. The highest BCUT2D eigenvalue weighted by atomic mass is 127. The molecule has 1 aromatic carbocycles. The Morgan fingerprint density at radius 3 is 2.40 bits per heavy atom. The summed E-state index contributed by atoms with van der Waals surface area (Å²) < 4.78 is 11.1. The van der Waals surface area contributed by atoms with E-state index in [0.717, 1.165) is 5.56 Å². The summed E-state index contributed by atoms with van der Waals surface area (Å²) in [5.41, 5.74) is -0.104. The zero-order valence-corrected chi connectivity index (χ0v) is 20.7. The number of hydrogen-bond donors (Lipinski definition) is 3. The Labute approximate surface area is 195 Å². The number of guanidine groups is 1. The van der Waals surface area contributed by atoms with Crippen molar-refractivity contribution in [1.29, 1.82) is 0 Å². The van der Waals surface area contributed by atoms with Gasteiger partial charge in [0.25, 0.3) is 0 Å². The number of amides is 1. The van der Waals surface area contributed by atoms with Gasteiger partial charge in [-0.25, -0.2) is 9.78 Å². The van der Waals surface area contributed by atoms with E-state index in [9.17, 15) is 4.79 Å². The third-order valence-corrected chi connectivity index (χ3v) is 3.78. The Hall–Kier alpha value is -2.30. The molecular formula is C21H32IN5O3. The fourth-order valence-corrected chi connectivity index (χ4v) is 2.44. The third-order valence-electron chi connectivity index (χ3n) is 3.78. The topological polar surface area (TPSA) is 101 Å². The number of benzene rings is 1. The lowest BCUT2D eigenvalue weighted by Crippen LogP contribution is -2.54. The zero-order chi connectivity index (χ0) is 21.5. The van der Waals surface area contributed by atoms with E-state index in [1.807, 2.05) is 65.0 Å². The lowest BCUT2D eigenvalue weighted by Gasteiger charge is -2.29. The highest BCUT2D eigenvalue weighted by molar-refractivity contribution is 14.0. The molecule has 166 valence electrons. The van der Waals surface area contributed by atoms with Crippen molar-refractivity contribution in [2.24, 2.45) is 4.99 Å². The van der Waals surface area contributed by atoms with Gasteiger partial charge in [-0.05, 0) is 34.6 Å². The Morgan fingerprint density at radius 2 is 1.80 bits per heavy atom. The molecule has 0 atom stereocenters. The van der Waals surface area contributed by atoms with Gasteiger partial charge in [0.2, 0.25) is 5.89 Å². The first-order valence-electron chi connectivity index (χ1n) is 9.54. The first-order valence-corrected chi connectivity index (χ1v) is 9.54. The number of nitrogens with one attached hydrogen (secondary N) is 3. The normalized spacial score (nSPS) is 12.0. The fourth-order valence-electron chi connectivity index (χ4n) is 2.44. The molecule has 0 unspecified atom stereocenters. The van der Waals surface area contributed by atoms with Gasteiger partial charge in [-0.15, -0.1) is 24.0 Å². The second kappa shape index (κ2) is 11.2. The molecule has 3 N–H and O–H groups in total. The van der Waals surface area contributed by atoms with E-state index >= 15 is 0 Å². The maximum Gasteiger partial charge on any atom is 0.408 e. The van der Waals surface area contributed by atoms with Gasteiger partial charge >= 0.3 is 6.09 Å². The lowest BCUT2D eigenvalue weighted by atomic mass is 10.1. The van der Waals surface area contributed by atoms with Crippen molar-refractivity contribution >= 4 is 36.0 Å². The number of nitrogens with zero attached hydrogens (tertiary/aromatic N) is 2. The molecule has 0 aliphatic carbocycles. The summed E-state index contributed by atoms with van der Waals surface area (Å²) in [5, 5.41) is 9.19. The maximum absolute atomic E-state index is 12.0. The predicted octanol–water partition coefficient (Wildman–Crippen LogP) is 3.93. The molecule has 8 nitrogen and oxygen atoms in total. The zero-order valence-electron chi connectivity index (χ0n) is 18.4. The second-order valence-electron chi connectivity index (χ2n) is 8.27. The molecule has 2 rings (SSSR count). The highest BCUT2D eigenvalue weighted by Gasteiger charge is 2.24. The summed E-state index contributed by atoms with van der Waals surface area (Å²) in [4.78, 5) is 20.5. The van der Waals surface area contributed by atoms with Crippen LogP contribution < -0.4 is 16.0 Å². The molecule has 30 heavy (non-hydrogen) atoms. The van der Waals surface area contributed by atoms with Crippen LogP contribution in [0.5, 0.6) is 0 Å². The molecule has 2 aromatic rings. The lowest BCUT2D eigenvalue weighted by molar-refractivity contribution is 0.0474. The third kappa shape index (κ3) is 9.02. The van der Waals surface area contributed by atoms with Crippen molar-refractivity contribution in [2.75, 3.05) is 13.6 Å². The molecule has 0 saturated carbocycles. The molecule has 0 aliphatic rings. The molecule has 1 aromatic heterocycles. The van der Waals surface area contributed by atoms with Gasteiger partial charge in [-0.2, -0.15) is 0 Å². The number of aromatic nitrogens is 1. The molecule has 1 amide bonds. The van der Waals surface area contributed by atoms with Crippen molar-refractivity contribution < 1.29 is 13.9 Å². The van der Waals surface area contributed by atoms with Crippen LogP contribution in [0.4, 0.5) is 4.79 Å². The number of carbonyl (C=O) groups is 1. The van der Waals surface area contributed by atoms with Crippen molar-refractivity contribution in [2.45, 2.75) is 52.3 Å². The van der Waals surface area contributed by atoms with E-state index in [0.29, 0.717) is 30.7 Å². The molecule has 0 radical (unpaired) electrons. The summed E-state index contributed by atoms with van der Waals surface area (Å²) >= 11 is 0. The van der Waals surface area contributed by atoms with Crippen LogP contribution in [0.15, 0.2) is 45.9 Å². The standard InChI is InChI=1S/C21H31N5O3.HI/c1-20(2,3)29-19(27)26-21(4,5)14-25-18(22-6)24-13-17-23-12-16(28-17)15-10-8-7-9-11-15;/h7-12H,13-14H2,1-6H3,(H,26,27)(H2,22,24,25);1H. The Morgan fingerprint density at radius 1 is 1.13 bits per heavy atom. The monoisotopic (exact) mass is 529 g/mol. The first-order chi connectivity index (χ1) is 13.6. The van der Waals surface area contributed by atoms with E-state index in [1.54, 1.807) is 13.2 Å². The van der Waals surface area contributed by atoms with E-state index in [2.05, 4.69) is 25.9 Å². The largest absolute Gasteiger partial charge is 0.444 e. The highest BCUT2D eigenvalue weighted by Crippen LogP contribution is 2.19. The van der Waals surface area contributed by atoms with Crippen molar-refractivity contribution in [3.8, 4) is 11.3 Å². The molecule has 9 heteroatoms. The number of rotatable bonds is 6. The molecule has 0 spiro atoms. The van der Waals surface area contributed by atoms with Crippen LogP contribution in [0.3, 0.4) is 0 Å². The average Bonchev–Trinajstić information content (AvgIpc) is 3.09. The van der Waals surface area contributed by atoms with Crippen LogP contribution in [0.25, 0.3) is 11.3 Å². The Bertz CT molecular complexity index is 829. The summed E-state index contributed by atoms with van der Waals surface area (Å²) in [5.74, 6) is 1.84. The van der Waals surface area contributed by atoms with E-state index < -0.39 is 17.2 Å². The summed E-state index contributed by atoms with van der Waals surface area (Å²) in [7, 11) is 1.68. The minimum absolute atomic E-state index is 0. The minimum Gasteiger partial charge on any atom is -0.444 e. The number of carbonyl (C=O) groups excluding carboxylic acids is 1. The quantitative estimate of drug-likeness (QED) is 0.298. The average molecular weight is 529 g/mol. The minimum atomic E-state index is -0.542. The van der Waals surface area contributed by atoms with E-state index in [4.69, 9.17) is 9.15 Å². The fraction of sp³-hybridized carbons (Fsp3) is 0.476. The summed E-state index contributed by atoms with van der Waals surface area (Å²) in [6.45, 7) is 10.1. The predicted molar refractivity (Wildman–Crippen MR) is 129 cm³/mol. The molecular weight excluding hydrogens is 497 g/mol. The molecule has 0 aliphatic heterocycles. The summed E-state index contributed by atoms with van der Waals surface area (Å²) in [6, 6.07) is 9.80. The number of hydrogen-bond acceptors (Lipinski definition) is 5. The van der Waals surface area contributed by atoms with E-state index in [-0.39, 0.29) is 24.0 Å². The Balaban J connectivity index is 0.00000450. The van der Waals surface area contributed by atoms with Gasteiger partial charge in [-0.3, -0.25) is 4.99 Å².